The Labute approximate surface area is 109 Å². The number of phenols is 2. The average molecular weight is 263 g/mol. The molecule has 6 heteroatoms. The Hall–Kier alpha value is -2.76. The van der Waals surface area contributed by atoms with Crippen molar-refractivity contribution < 1.29 is 19.9 Å². The van der Waals surface area contributed by atoms with E-state index >= 15 is 0 Å². The molecule has 6 nitrogen and oxygen atoms in total. The summed E-state index contributed by atoms with van der Waals surface area (Å²) in [5.41, 5.74) is -0.0159. The van der Waals surface area contributed by atoms with E-state index in [1.54, 1.807) is 24.3 Å². The van der Waals surface area contributed by atoms with Gasteiger partial charge in [-0.2, -0.15) is 0 Å². The molecular weight excluding hydrogens is 250 g/mol. The minimum Gasteiger partial charge on any atom is -0.508 e. The van der Waals surface area contributed by atoms with Gasteiger partial charge in [0.2, 0.25) is 0 Å². The van der Waals surface area contributed by atoms with Crippen LogP contribution in [0.5, 0.6) is 17.2 Å². The summed E-state index contributed by atoms with van der Waals surface area (Å²) in [6, 6.07) is 11.9. The summed E-state index contributed by atoms with van der Waals surface area (Å²) in [5, 5.41) is 27.7. The predicted molar refractivity (Wildman–Crippen MR) is 69.4 cm³/mol. The van der Waals surface area contributed by atoms with Crippen molar-refractivity contribution in [3.8, 4) is 17.2 Å². The van der Waals surface area contributed by atoms with Crippen LogP contribution in [0.3, 0.4) is 0 Å². The Morgan fingerprint density at radius 3 is 2.05 bits per heavy atom. The number of hydrogen-bond acceptors (Lipinski definition) is 5. The van der Waals surface area contributed by atoms with Crippen LogP contribution < -0.4 is 4.74 Å². The lowest BCUT2D eigenvalue weighted by Crippen LogP contribution is -1.85. The number of rotatable bonds is 2. The molecule has 0 spiro atoms. The van der Waals surface area contributed by atoms with Gasteiger partial charge < -0.3 is 14.9 Å². The lowest BCUT2D eigenvalue weighted by atomic mass is 10.3. The fourth-order valence-corrected chi connectivity index (χ4v) is 1.20. The number of nitro groups is 1. The molecule has 100 valence electrons. The Morgan fingerprint density at radius 2 is 1.63 bits per heavy atom. The zero-order valence-corrected chi connectivity index (χ0v) is 10.2. The number of nitrogens with zero attached hydrogens (tertiary/aromatic N) is 1. The molecule has 0 aliphatic carbocycles. The summed E-state index contributed by atoms with van der Waals surface area (Å²) >= 11 is 0. The van der Waals surface area contributed by atoms with Gasteiger partial charge in [-0.25, -0.2) is 0 Å². The maximum Gasteiger partial charge on any atom is 0.269 e. The second-order valence-corrected chi connectivity index (χ2v) is 3.45. The van der Waals surface area contributed by atoms with E-state index in [4.69, 9.17) is 14.9 Å². The lowest BCUT2D eigenvalue weighted by molar-refractivity contribution is -0.384. The molecule has 2 N–H and O–H groups in total. The van der Waals surface area contributed by atoms with Crippen molar-refractivity contribution in [2.75, 3.05) is 7.11 Å². The van der Waals surface area contributed by atoms with Crippen molar-refractivity contribution in [2.24, 2.45) is 0 Å². The van der Waals surface area contributed by atoms with Gasteiger partial charge in [0, 0.05) is 12.1 Å². The first-order valence-corrected chi connectivity index (χ1v) is 5.30. The molecule has 0 unspecified atom stereocenters. The van der Waals surface area contributed by atoms with Crippen LogP contribution in [-0.4, -0.2) is 22.2 Å². The number of nitro benzene ring substituents is 1. The molecule has 2 aromatic carbocycles. The van der Waals surface area contributed by atoms with E-state index < -0.39 is 4.92 Å². The van der Waals surface area contributed by atoms with E-state index in [1.165, 1.54) is 31.4 Å². The first-order chi connectivity index (χ1) is 9.04. The topological polar surface area (TPSA) is 92.8 Å². The molecule has 2 rings (SSSR count). The number of hydrogen-bond donors (Lipinski definition) is 2. The van der Waals surface area contributed by atoms with Crippen molar-refractivity contribution in [3.63, 3.8) is 0 Å². The smallest absolute Gasteiger partial charge is 0.269 e. The van der Waals surface area contributed by atoms with Gasteiger partial charge in [-0.1, -0.05) is 12.1 Å². The highest BCUT2D eigenvalue weighted by atomic mass is 16.6. The van der Waals surface area contributed by atoms with Crippen LogP contribution in [-0.2, 0) is 0 Å². The summed E-state index contributed by atoms with van der Waals surface area (Å²) in [4.78, 5) is 9.52. The first-order valence-electron chi connectivity index (χ1n) is 5.30. The van der Waals surface area contributed by atoms with Gasteiger partial charge in [0.1, 0.15) is 5.75 Å². The maximum absolute atomic E-state index is 10.0. The minimum atomic E-state index is -0.514. The number of non-ortho nitro benzene ring substituents is 1. The largest absolute Gasteiger partial charge is 0.508 e. The highest BCUT2D eigenvalue weighted by Gasteiger charge is 2.01. The van der Waals surface area contributed by atoms with E-state index in [9.17, 15) is 10.1 Å². The summed E-state index contributed by atoms with van der Waals surface area (Å²) < 4.78 is 4.79. The molecule has 0 atom stereocenters. The molecular formula is C13H13NO5. The lowest BCUT2D eigenvalue weighted by Gasteiger charge is -1.99. The van der Waals surface area contributed by atoms with Crippen LogP contribution >= 0.6 is 0 Å². The van der Waals surface area contributed by atoms with Gasteiger partial charge in [-0.3, -0.25) is 10.1 Å². The fourth-order valence-electron chi connectivity index (χ4n) is 1.20. The van der Waals surface area contributed by atoms with Crippen molar-refractivity contribution in [2.45, 2.75) is 0 Å². The summed E-state index contributed by atoms with van der Waals surface area (Å²) in [5.74, 6) is 0.725. The number of ether oxygens (including phenoxy) is 1. The van der Waals surface area contributed by atoms with Crippen molar-refractivity contribution in [1.82, 2.24) is 0 Å². The van der Waals surface area contributed by atoms with Crippen LogP contribution in [0.1, 0.15) is 0 Å². The van der Waals surface area contributed by atoms with Crippen molar-refractivity contribution >= 4 is 5.69 Å². The normalized spacial score (nSPS) is 9.11. The molecule has 0 aliphatic heterocycles. The van der Waals surface area contributed by atoms with Crippen LogP contribution in [0, 0.1) is 10.1 Å². The number of phenolic OH excluding ortho intramolecular Hbond substituents is 2. The van der Waals surface area contributed by atoms with Gasteiger partial charge >= 0.3 is 0 Å². The highest BCUT2D eigenvalue weighted by molar-refractivity contribution is 5.37. The second kappa shape index (κ2) is 6.85. The van der Waals surface area contributed by atoms with E-state index in [1.807, 2.05) is 0 Å². The van der Waals surface area contributed by atoms with Gasteiger partial charge in [0.05, 0.1) is 12.0 Å². The summed E-state index contributed by atoms with van der Waals surface area (Å²) in [6.07, 6.45) is 0. The highest BCUT2D eigenvalue weighted by Crippen LogP contribution is 2.23. The van der Waals surface area contributed by atoms with Crippen LogP contribution in [0.4, 0.5) is 5.69 Å². The number of para-hydroxylation sites is 2. The van der Waals surface area contributed by atoms with E-state index in [0.717, 1.165) is 0 Å². The van der Waals surface area contributed by atoms with E-state index in [2.05, 4.69) is 0 Å². The Balaban J connectivity index is 0.000000191. The fraction of sp³-hybridized carbons (Fsp3) is 0.0769. The molecule has 2 aromatic rings. The zero-order valence-electron chi connectivity index (χ0n) is 10.2. The molecule has 19 heavy (non-hydrogen) atoms. The third kappa shape index (κ3) is 4.55. The molecule has 0 heterocycles. The van der Waals surface area contributed by atoms with Gasteiger partial charge in [-0.15, -0.1) is 0 Å². The number of aromatic hydroxyl groups is 2. The molecule has 0 aliphatic rings. The van der Waals surface area contributed by atoms with E-state index in [-0.39, 0.29) is 17.2 Å². The summed E-state index contributed by atoms with van der Waals surface area (Å²) in [7, 11) is 1.52. The Morgan fingerprint density at radius 1 is 1.05 bits per heavy atom. The van der Waals surface area contributed by atoms with Gasteiger partial charge in [0.25, 0.3) is 5.69 Å². The molecule has 0 amide bonds. The van der Waals surface area contributed by atoms with Crippen molar-refractivity contribution in [1.29, 1.82) is 0 Å². The molecule has 0 radical (unpaired) electrons. The maximum atomic E-state index is 10.0. The number of methoxy groups -OCH3 is 1. The third-order valence-corrected chi connectivity index (χ3v) is 2.15. The van der Waals surface area contributed by atoms with Crippen LogP contribution in [0.2, 0.25) is 0 Å². The Bertz CT molecular complexity index is 539. The second-order valence-electron chi connectivity index (χ2n) is 3.45. The van der Waals surface area contributed by atoms with Gasteiger partial charge in [-0.05, 0) is 24.3 Å². The standard InChI is InChI=1S/C7H8O2.C6H5NO3/c1-9-7-5-3-2-4-6(7)8;8-6-3-1-5(2-4-6)7(9)10/h2-5,8H,1H3;1-4,8H. The monoisotopic (exact) mass is 263 g/mol. The summed E-state index contributed by atoms with van der Waals surface area (Å²) in [6.45, 7) is 0. The van der Waals surface area contributed by atoms with Crippen molar-refractivity contribution in [3.05, 3.63) is 58.6 Å². The van der Waals surface area contributed by atoms with Crippen LogP contribution in [0.15, 0.2) is 48.5 Å². The third-order valence-electron chi connectivity index (χ3n) is 2.15. The quantitative estimate of drug-likeness (QED) is 0.641. The molecule has 0 saturated heterocycles. The predicted octanol–water partition coefficient (Wildman–Crippen LogP) is 2.70. The molecule has 0 aromatic heterocycles. The van der Waals surface area contributed by atoms with Crippen LogP contribution in [0.25, 0.3) is 0 Å². The average Bonchev–Trinajstić information content (AvgIpc) is 2.40. The first kappa shape index (κ1) is 14.3. The molecule has 0 bridgehead atoms. The molecule has 0 fully saturated rings. The Kier molecular flexibility index (Phi) is 5.16. The zero-order chi connectivity index (χ0) is 14.3. The SMILES string of the molecule is COc1ccccc1O.O=[N+]([O-])c1ccc(O)cc1. The number of benzene rings is 2. The van der Waals surface area contributed by atoms with Gasteiger partial charge in [0.15, 0.2) is 11.5 Å². The minimum absolute atomic E-state index is 0.0159. The van der Waals surface area contributed by atoms with E-state index in [0.29, 0.717) is 5.75 Å². The molecule has 0 saturated carbocycles.